The second-order valence-corrected chi connectivity index (χ2v) is 11.7. The Morgan fingerprint density at radius 3 is 2.50 bits per heavy atom. The first-order valence-corrected chi connectivity index (χ1v) is 12.5. The number of rotatable bonds is 3. The predicted octanol–water partition coefficient (Wildman–Crippen LogP) is 6.74. The molecular weight excluding hydrogens is 434 g/mol. The number of thiazole rings is 1. The van der Waals surface area contributed by atoms with Crippen LogP contribution in [0.25, 0.3) is 20.8 Å². The Labute approximate surface area is 196 Å². The minimum atomic E-state index is -0.196. The van der Waals surface area contributed by atoms with Gasteiger partial charge >= 0.3 is 0 Å². The van der Waals surface area contributed by atoms with E-state index in [2.05, 4.69) is 50.5 Å². The lowest BCUT2D eigenvalue weighted by atomic mass is 9.81. The lowest BCUT2D eigenvalue weighted by molar-refractivity contribution is 0.102. The number of thiophene rings is 1. The van der Waals surface area contributed by atoms with E-state index < -0.39 is 0 Å². The van der Waals surface area contributed by atoms with Gasteiger partial charge in [-0.3, -0.25) is 4.79 Å². The molecule has 0 unspecified atom stereocenters. The molecule has 6 heteroatoms. The molecule has 4 nitrogen and oxygen atoms in total. The zero-order chi connectivity index (χ0) is 22.7. The number of carbonyl (C=O) groups is 1. The van der Waals surface area contributed by atoms with E-state index in [-0.39, 0.29) is 17.0 Å². The topological polar surface area (TPSA) is 54.0 Å². The largest absolute Gasteiger partial charge is 0.313 e. The number of nitrogens with zero attached hydrogens (tertiary/aromatic N) is 1. The number of hydrogen-bond donors (Lipinski definition) is 2. The van der Waals surface area contributed by atoms with Crippen molar-refractivity contribution in [1.82, 2.24) is 10.3 Å². The maximum absolute atomic E-state index is 13.3. The second-order valence-electron chi connectivity index (χ2n) is 9.68. The molecule has 0 spiro atoms. The van der Waals surface area contributed by atoms with Crippen molar-refractivity contribution in [2.45, 2.75) is 52.1 Å². The third-order valence-corrected chi connectivity index (χ3v) is 8.49. The Bertz CT molecular complexity index is 1310. The molecule has 1 aliphatic rings. The van der Waals surface area contributed by atoms with Crippen LogP contribution in [0.2, 0.25) is 0 Å². The van der Waals surface area contributed by atoms with Crippen molar-refractivity contribution in [3.63, 3.8) is 0 Å². The molecule has 5 rings (SSSR count). The fourth-order valence-corrected chi connectivity index (χ4v) is 7.20. The monoisotopic (exact) mass is 461 g/mol. The molecule has 164 valence electrons. The van der Waals surface area contributed by atoms with Crippen LogP contribution in [-0.4, -0.2) is 16.4 Å². The number of aryl methyl sites for hydroxylation is 1. The van der Waals surface area contributed by atoms with Gasteiger partial charge in [-0.05, 0) is 70.4 Å². The molecule has 2 N–H and O–H groups in total. The van der Waals surface area contributed by atoms with Gasteiger partial charge in [0.25, 0.3) is 5.91 Å². The van der Waals surface area contributed by atoms with Gasteiger partial charge in [0.15, 0.2) is 0 Å². The molecule has 0 radical (unpaired) electrons. The molecule has 0 aliphatic carbocycles. The van der Waals surface area contributed by atoms with Crippen LogP contribution < -0.4 is 10.6 Å². The molecule has 0 saturated heterocycles. The number of nitrogens with one attached hydrogen (secondary N) is 2. The maximum Gasteiger partial charge on any atom is 0.256 e. The number of benzene rings is 2. The zero-order valence-electron chi connectivity index (χ0n) is 19.0. The fourth-order valence-electron chi connectivity index (χ4n) is 4.82. The minimum absolute atomic E-state index is 0.0553. The van der Waals surface area contributed by atoms with Gasteiger partial charge in [0.05, 0.1) is 10.2 Å². The average molecular weight is 462 g/mol. The van der Waals surface area contributed by atoms with Gasteiger partial charge in [0.1, 0.15) is 10.0 Å². The van der Waals surface area contributed by atoms with Crippen LogP contribution in [0.4, 0.5) is 5.00 Å². The standard InChI is InChI=1S/C26H27N3OS2/c1-15-10-6-7-11-16(15)22(30)28-24-20(23-27-18-12-8-9-13-19(18)31-23)17-14-25(2,3)29-26(4,5)21(17)32-24/h6-13,29H,14H2,1-5H3,(H,28,30). The Morgan fingerprint density at radius 1 is 1.03 bits per heavy atom. The van der Waals surface area contributed by atoms with Crippen molar-refractivity contribution >= 4 is 43.8 Å². The number of aromatic nitrogens is 1. The van der Waals surface area contributed by atoms with Crippen LogP contribution in [0, 0.1) is 6.92 Å². The van der Waals surface area contributed by atoms with Crippen molar-refractivity contribution < 1.29 is 4.79 Å². The van der Waals surface area contributed by atoms with Crippen LogP contribution in [0.5, 0.6) is 0 Å². The summed E-state index contributed by atoms with van der Waals surface area (Å²) in [5.41, 5.74) is 4.79. The second kappa shape index (κ2) is 7.51. The summed E-state index contributed by atoms with van der Waals surface area (Å²) in [4.78, 5) is 19.5. The summed E-state index contributed by atoms with van der Waals surface area (Å²) >= 11 is 3.37. The van der Waals surface area contributed by atoms with Crippen molar-refractivity contribution in [2.24, 2.45) is 0 Å². The highest BCUT2D eigenvalue weighted by Crippen LogP contribution is 2.50. The molecular formula is C26H27N3OS2. The molecule has 2 aromatic heterocycles. The summed E-state index contributed by atoms with van der Waals surface area (Å²) in [6.45, 7) is 10.9. The van der Waals surface area contributed by atoms with E-state index in [9.17, 15) is 4.79 Å². The first kappa shape index (κ1) is 21.3. The Morgan fingerprint density at radius 2 is 1.75 bits per heavy atom. The van der Waals surface area contributed by atoms with Gasteiger partial charge in [0, 0.05) is 27.1 Å². The van der Waals surface area contributed by atoms with Gasteiger partial charge in [0.2, 0.25) is 0 Å². The molecule has 1 aliphatic heterocycles. The quantitative estimate of drug-likeness (QED) is 0.355. The van der Waals surface area contributed by atoms with Crippen molar-refractivity contribution in [1.29, 1.82) is 0 Å². The number of fused-ring (bicyclic) bond motifs is 2. The van der Waals surface area contributed by atoms with Crippen LogP contribution in [0.1, 0.15) is 54.1 Å². The summed E-state index contributed by atoms with van der Waals surface area (Å²) in [6, 6.07) is 15.9. The highest BCUT2D eigenvalue weighted by atomic mass is 32.1. The lowest BCUT2D eigenvalue weighted by Crippen LogP contribution is -2.54. The van der Waals surface area contributed by atoms with E-state index in [0.717, 1.165) is 37.8 Å². The highest BCUT2D eigenvalue weighted by molar-refractivity contribution is 7.23. The lowest BCUT2D eigenvalue weighted by Gasteiger charge is -2.42. The van der Waals surface area contributed by atoms with E-state index in [1.807, 2.05) is 43.3 Å². The van der Waals surface area contributed by atoms with Crippen molar-refractivity contribution in [3.8, 4) is 10.6 Å². The highest BCUT2D eigenvalue weighted by Gasteiger charge is 2.41. The van der Waals surface area contributed by atoms with E-state index in [1.165, 1.54) is 10.4 Å². The molecule has 2 aromatic carbocycles. The number of carbonyl (C=O) groups excluding carboxylic acids is 1. The normalized spacial score (nSPS) is 16.7. The first-order chi connectivity index (χ1) is 15.1. The smallest absolute Gasteiger partial charge is 0.256 e. The van der Waals surface area contributed by atoms with Gasteiger partial charge < -0.3 is 10.6 Å². The maximum atomic E-state index is 13.3. The van der Waals surface area contributed by atoms with E-state index in [1.54, 1.807) is 22.7 Å². The molecule has 0 saturated carbocycles. The van der Waals surface area contributed by atoms with Crippen LogP contribution in [0.15, 0.2) is 48.5 Å². The van der Waals surface area contributed by atoms with Gasteiger partial charge in [-0.1, -0.05) is 30.3 Å². The predicted molar refractivity (Wildman–Crippen MR) is 136 cm³/mol. The Hall–Kier alpha value is -2.54. The van der Waals surface area contributed by atoms with Crippen molar-refractivity contribution in [2.75, 3.05) is 5.32 Å². The molecule has 32 heavy (non-hydrogen) atoms. The van der Waals surface area contributed by atoms with Crippen molar-refractivity contribution in [3.05, 3.63) is 70.1 Å². The molecule has 3 heterocycles. The molecule has 0 fully saturated rings. The minimum Gasteiger partial charge on any atom is -0.313 e. The Kier molecular flexibility index (Phi) is 5.00. The summed E-state index contributed by atoms with van der Waals surface area (Å²) in [6.07, 6.45) is 0.883. The van der Waals surface area contributed by atoms with Gasteiger partial charge in [-0.15, -0.1) is 22.7 Å². The van der Waals surface area contributed by atoms with Gasteiger partial charge in [-0.2, -0.15) is 0 Å². The third kappa shape index (κ3) is 3.66. The summed E-state index contributed by atoms with van der Waals surface area (Å²) in [7, 11) is 0. The average Bonchev–Trinajstić information content (AvgIpc) is 3.28. The number of hydrogen-bond acceptors (Lipinski definition) is 5. The fraction of sp³-hybridized carbons (Fsp3) is 0.308. The van der Waals surface area contributed by atoms with Crippen LogP contribution in [0.3, 0.4) is 0 Å². The Balaban J connectivity index is 1.69. The first-order valence-electron chi connectivity index (χ1n) is 10.8. The number of para-hydroxylation sites is 1. The van der Waals surface area contributed by atoms with E-state index >= 15 is 0 Å². The molecule has 0 atom stereocenters. The zero-order valence-corrected chi connectivity index (χ0v) is 20.6. The van der Waals surface area contributed by atoms with Crippen LogP contribution >= 0.6 is 22.7 Å². The molecule has 4 aromatic rings. The summed E-state index contributed by atoms with van der Waals surface area (Å²) < 4.78 is 1.16. The number of anilines is 1. The third-order valence-electron chi connectivity index (χ3n) is 5.97. The van der Waals surface area contributed by atoms with Crippen LogP contribution in [-0.2, 0) is 12.0 Å². The molecule has 1 amide bonds. The number of amides is 1. The van der Waals surface area contributed by atoms with E-state index in [0.29, 0.717) is 5.56 Å². The summed E-state index contributed by atoms with van der Waals surface area (Å²) in [5, 5.41) is 8.89. The summed E-state index contributed by atoms with van der Waals surface area (Å²) in [5.74, 6) is -0.0749. The van der Waals surface area contributed by atoms with Gasteiger partial charge in [-0.25, -0.2) is 4.98 Å². The van der Waals surface area contributed by atoms with E-state index in [4.69, 9.17) is 4.98 Å². The molecule has 0 bridgehead atoms. The SMILES string of the molecule is Cc1ccccc1C(=O)Nc1sc2c(c1-c1nc3ccccc3s1)CC(C)(C)NC2(C)C.